The average Bonchev–Trinajstić information content (AvgIpc) is 3.33. The van der Waals surface area contributed by atoms with Crippen LogP contribution in [0.25, 0.3) is 22.6 Å². The van der Waals surface area contributed by atoms with E-state index in [9.17, 15) is 0 Å². The maximum atomic E-state index is 8.58. The van der Waals surface area contributed by atoms with Gasteiger partial charge in [0.15, 0.2) is 5.65 Å². The normalized spacial score (nSPS) is 17.6. The number of nitrogens with one attached hydrogen (secondary N) is 2. The Morgan fingerprint density at radius 1 is 1.23 bits per heavy atom. The minimum absolute atomic E-state index is 0.250. The van der Waals surface area contributed by atoms with Gasteiger partial charge in [0.1, 0.15) is 17.1 Å². The summed E-state index contributed by atoms with van der Waals surface area (Å²) in [6, 6.07) is 6.12. The van der Waals surface area contributed by atoms with Gasteiger partial charge in [0.05, 0.1) is 24.0 Å². The number of anilines is 1. The van der Waals surface area contributed by atoms with Crippen LogP contribution in [0.3, 0.4) is 0 Å². The number of benzene rings is 1. The third-order valence-corrected chi connectivity index (χ3v) is 6.60. The van der Waals surface area contributed by atoms with Crippen LogP contribution in [0, 0.1) is 5.92 Å². The summed E-state index contributed by atoms with van der Waals surface area (Å²) in [6.07, 6.45) is 12.7. The van der Waals surface area contributed by atoms with Crippen molar-refractivity contribution in [2.75, 3.05) is 25.9 Å². The van der Waals surface area contributed by atoms with Crippen LogP contribution >= 0.6 is 11.6 Å². The molecule has 1 atom stereocenters. The molecule has 2 aliphatic rings. The van der Waals surface area contributed by atoms with Crippen LogP contribution in [0.5, 0.6) is 5.75 Å². The van der Waals surface area contributed by atoms with Gasteiger partial charge >= 0.3 is 0 Å². The predicted molar refractivity (Wildman–Crippen MR) is 143 cm³/mol. The third-order valence-electron chi connectivity index (χ3n) is 6.30. The highest BCUT2D eigenvalue weighted by Crippen LogP contribution is 2.37. The summed E-state index contributed by atoms with van der Waals surface area (Å²) in [5, 5.41) is 3.84. The van der Waals surface area contributed by atoms with Crippen LogP contribution in [0.15, 0.2) is 36.5 Å². The van der Waals surface area contributed by atoms with E-state index in [4.69, 9.17) is 26.9 Å². The van der Waals surface area contributed by atoms with Crippen molar-refractivity contribution in [2.24, 2.45) is 11.7 Å². The Bertz CT molecular complexity index is 1140. The number of aromatic amines is 1. The Morgan fingerprint density at radius 3 is 2.57 bits per heavy atom. The number of nitrogen functional groups attached to an aromatic ring is 1. The molecule has 9 heteroatoms. The summed E-state index contributed by atoms with van der Waals surface area (Å²) in [5.74, 6) is 2.93. The van der Waals surface area contributed by atoms with Crippen LogP contribution in [0.2, 0.25) is 5.02 Å². The molecule has 0 spiro atoms. The lowest BCUT2D eigenvalue weighted by Gasteiger charge is -2.25. The van der Waals surface area contributed by atoms with Gasteiger partial charge in [-0.25, -0.2) is 9.97 Å². The number of methoxy groups -OCH3 is 1. The summed E-state index contributed by atoms with van der Waals surface area (Å²) in [5.41, 5.74) is 14.3. The first kappa shape index (κ1) is 26.5. The molecule has 0 radical (unpaired) electrons. The number of nitrogens with zero attached hydrogens (tertiary/aromatic N) is 2. The van der Waals surface area contributed by atoms with E-state index in [2.05, 4.69) is 51.1 Å². The number of carbonyl (C=O) groups is 1. The minimum Gasteiger partial charge on any atom is -0.497 e. The number of hydrogen-bond acceptors (Lipinski definition) is 6. The van der Waals surface area contributed by atoms with E-state index in [-0.39, 0.29) is 6.41 Å². The second-order valence-corrected chi connectivity index (χ2v) is 9.16. The number of halogens is 1. The van der Waals surface area contributed by atoms with Crippen molar-refractivity contribution in [2.45, 2.75) is 44.9 Å². The molecule has 1 amide bonds. The second kappa shape index (κ2) is 13.1. The number of hydrogen-bond donors (Lipinski definition) is 4. The maximum Gasteiger partial charge on any atom is 0.204 e. The zero-order chi connectivity index (χ0) is 25.2. The average molecular weight is 499 g/mol. The number of fused-ring (bicyclic) bond motifs is 1. The highest BCUT2D eigenvalue weighted by molar-refractivity contribution is 6.34. The van der Waals surface area contributed by atoms with Gasteiger partial charge in [-0.3, -0.25) is 4.79 Å². The fraction of sp³-hybridized carbons (Fsp3) is 0.423. The molecule has 3 heterocycles. The predicted octanol–water partition coefficient (Wildman–Crippen LogP) is 4.80. The van der Waals surface area contributed by atoms with Crippen molar-refractivity contribution in [1.29, 1.82) is 0 Å². The van der Waals surface area contributed by atoms with E-state index in [1.54, 1.807) is 7.11 Å². The number of allylic oxidation sites excluding steroid dienone is 2. The lowest BCUT2D eigenvalue weighted by atomic mass is 9.86. The van der Waals surface area contributed by atoms with Crippen molar-refractivity contribution >= 4 is 34.9 Å². The molecule has 0 unspecified atom stereocenters. The zero-order valence-electron chi connectivity index (χ0n) is 20.4. The first-order valence-electron chi connectivity index (χ1n) is 12.0. The van der Waals surface area contributed by atoms with Crippen LogP contribution in [-0.4, -0.2) is 41.6 Å². The Hall–Kier alpha value is -3.10. The molecule has 0 bridgehead atoms. The summed E-state index contributed by atoms with van der Waals surface area (Å²) in [4.78, 5) is 20.8. The van der Waals surface area contributed by atoms with E-state index >= 15 is 0 Å². The Balaban J connectivity index is 0.000000288. The fourth-order valence-corrected chi connectivity index (χ4v) is 4.56. The number of primary amides is 1. The Labute approximate surface area is 211 Å². The summed E-state index contributed by atoms with van der Waals surface area (Å²) >= 11 is 6.08. The number of ether oxygens (including phenoxy) is 1. The Morgan fingerprint density at radius 2 is 1.97 bits per heavy atom. The van der Waals surface area contributed by atoms with E-state index in [0.717, 1.165) is 49.0 Å². The van der Waals surface area contributed by atoms with Gasteiger partial charge in [-0.1, -0.05) is 30.7 Å². The SMILES string of the molecule is COc1ccc(-c2nc3ncc(Cl)c(N)c3[nH]2)c(C2CCNCC2)c1.C[C@@H]1C=CCCC1.NC=O. The molecule has 1 aliphatic heterocycles. The number of rotatable bonds is 3. The Kier molecular flexibility index (Phi) is 9.93. The van der Waals surface area contributed by atoms with Gasteiger partial charge < -0.3 is 26.5 Å². The number of pyridine rings is 1. The first-order valence-corrected chi connectivity index (χ1v) is 12.4. The van der Waals surface area contributed by atoms with Gasteiger partial charge in [-0.2, -0.15) is 0 Å². The van der Waals surface area contributed by atoms with Crippen LogP contribution < -0.4 is 21.5 Å². The molecular weight excluding hydrogens is 464 g/mol. The molecule has 1 saturated heterocycles. The molecule has 1 aromatic carbocycles. The molecule has 0 saturated carbocycles. The summed E-state index contributed by atoms with van der Waals surface area (Å²) in [7, 11) is 1.69. The molecule has 8 nitrogen and oxygen atoms in total. The minimum atomic E-state index is 0.250. The lowest BCUT2D eigenvalue weighted by molar-refractivity contribution is -0.106. The van der Waals surface area contributed by atoms with Crippen molar-refractivity contribution in [3.63, 3.8) is 0 Å². The van der Waals surface area contributed by atoms with Crippen LogP contribution in [0.4, 0.5) is 5.69 Å². The number of H-pyrrole nitrogens is 1. The monoisotopic (exact) mass is 498 g/mol. The van der Waals surface area contributed by atoms with Gasteiger partial charge in [-0.05, 0) is 80.8 Å². The highest BCUT2D eigenvalue weighted by Gasteiger charge is 2.22. The summed E-state index contributed by atoms with van der Waals surface area (Å²) in [6.45, 7) is 4.31. The molecule has 5 rings (SSSR count). The maximum absolute atomic E-state index is 8.58. The van der Waals surface area contributed by atoms with E-state index in [1.807, 2.05) is 12.1 Å². The third kappa shape index (κ3) is 6.96. The molecule has 3 aromatic rings. The molecular formula is C26H35ClN6O2. The number of carbonyl (C=O) groups excluding carboxylic acids is 1. The van der Waals surface area contributed by atoms with Gasteiger partial charge in [-0.15, -0.1) is 0 Å². The number of imidazole rings is 1. The zero-order valence-corrected chi connectivity index (χ0v) is 21.1. The van der Waals surface area contributed by atoms with E-state index in [1.165, 1.54) is 31.0 Å². The number of amides is 1. The second-order valence-electron chi connectivity index (χ2n) is 8.75. The highest BCUT2D eigenvalue weighted by atomic mass is 35.5. The fourth-order valence-electron chi connectivity index (χ4n) is 4.42. The largest absolute Gasteiger partial charge is 0.497 e. The van der Waals surface area contributed by atoms with Gasteiger partial charge in [0, 0.05) is 5.56 Å². The topological polar surface area (TPSA) is 132 Å². The lowest BCUT2D eigenvalue weighted by Crippen LogP contribution is -2.26. The van der Waals surface area contributed by atoms with Crippen molar-refractivity contribution in [1.82, 2.24) is 20.3 Å². The molecule has 1 aliphatic carbocycles. The van der Waals surface area contributed by atoms with Gasteiger partial charge in [0.2, 0.25) is 6.41 Å². The van der Waals surface area contributed by atoms with Gasteiger partial charge in [0.25, 0.3) is 0 Å². The van der Waals surface area contributed by atoms with Crippen molar-refractivity contribution in [3.05, 3.63) is 47.1 Å². The molecule has 2 aromatic heterocycles. The molecule has 1 fully saturated rings. The standard InChI is InChI=1S/C18H20ClN5O.C7H12.CH3NO/c1-25-11-2-3-12(13(8-11)10-4-6-21-7-5-10)17-23-16-15(20)14(19)9-22-18(16)24-17;1-7-5-3-2-4-6-7;2-1-3/h2-3,8-10,21H,4-7H2,1H3,(H3,20,22,23,24);3,5,7H,2,4,6H2,1H3;1H,(H2,2,3)/t;7-;/m.1./s1. The molecule has 188 valence electrons. The first-order chi connectivity index (χ1) is 17.0. The smallest absolute Gasteiger partial charge is 0.204 e. The van der Waals surface area contributed by atoms with Crippen LogP contribution in [0.1, 0.15) is 50.5 Å². The van der Waals surface area contributed by atoms with E-state index < -0.39 is 0 Å². The van der Waals surface area contributed by atoms with E-state index in [0.29, 0.717) is 27.8 Å². The number of nitrogens with two attached hydrogens (primary N) is 2. The molecule has 35 heavy (non-hydrogen) atoms. The quantitative estimate of drug-likeness (QED) is 0.303. The van der Waals surface area contributed by atoms with Crippen molar-refractivity contribution in [3.8, 4) is 17.1 Å². The molecule has 6 N–H and O–H groups in total. The summed E-state index contributed by atoms with van der Waals surface area (Å²) < 4.78 is 5.43. The number of aromatic nitrogens is 3. The number of piperidine rings is 1. The van der Waals surface area contributed by atoms with Crippen molar-refractivity contribution < 1.29 is 9.53 Å². The van der Waals surface area contributed by atoms with Crippen LogP contribution in [-0.2, 0) is 4.79 Å².